The number of nitrogens with one attached hydrogen (secondary N) is 1. The number of carbonyl (C=O) groups is 1. The van der Waals surface area contributed by atoms with Crippen LogP contribution in [0, 0.1) is 0 Å². The van der Waals surface area contributed by atoms with Crippen LogP contribution >= 0.6 is 23.5 Å². The van der Waals surface area contributed by atoms with Crippen molar-refractivity contribution in [1.29, 1.82) is 0 Å². The highest BCUT2D eigenvalue weighted by Gasteiger charge is 2.46. The van der Waals surface area contributed by atoms with Crippen LogP contribution in [0.2, 0.25) is 0 Å². The van der Waals surface area contributed by atoms with Crippen LogP contribution in [0.4, 0.5) is 4.79 Å². The van der Waals surface area contributed by atoms with Crippen molar-refractivity contribution in [1.82, 2.24) is 5.32 Å². The first-order valence-corrected chi connectivity index (χ1v) is 10.1. The molecule has 0 bridgehead atoms. The molecule has 4 nitrogen and oxygen atoms in total. The maximum absolute atomic E-state index is 11.2. The predicted octanol–water partition coefficient (Wildman–Crippen LogP) is 3.90. The van der Waals surface area contributed by atoms with Crippen molar-refractivity contribution in [3.63, 3.8) is 0 Å². The molecule has 2 atom stereocenters. The molecular weight excluding hydrogens is 330 g/mol. The van der Waals surface area contributed by atoms with E-state index >= 15 is 0 Å². The SMILES string of the molecule is CCCCC(NC(=O)O)C(O)C1(c2ccccc2)SCCCS1. The Morgan fingerprint density at radius 2 is 1.96 bits per heavy atom. The van der Waals surface area contributed by atoms with Crippen LogP contribution in [-0.2, 0) is 4.08 Å². The fraction of sp³-hybridized carbons (Fsp3) is 0.588. The molecule has 1 aliphatic rings. The van der Waals surface area contributed by atoms with Crippen molar-refractivity contribution in [2.45, 2.75) is 48.8 Å². The van der Waals surface area contributed by atoms with Crippen LogP contribution < -0.4 is 5.32 Å². The summed E-state index contributed by atoms with van der Waals surface area (Å²) in [5, 5.41) is 22.8. The van der Waals surface area contributed by atoms with Gasteiger partial charge < -0.3 is 15.5 Å². The third kappa shape index (κ3) is 4.58. The average molecular weight is 356 g/mol. The molecule has 1 aliphatic heterocycles. The number of rotatable bonds is 7. The third-order valence-corrected chi connectivity index (χ3v) is 7.55. The number of aliphatic hydroxyl groups excluding tert-OH is 1. The lowest BCUT2D eigenvalue weighted by molar-refractivity contribution is 0.104. The molecule has 1 saturated heterocycles. The smallest absolute Gasteiger partial charge is 0.404 e. The molecule has 23 heavy (non-hydrogen) atoms. The minimum absolute atomic E-state index is 0.453. The van der Waals surface area contributed by atoms with Crippen LogP contribution in [-0.4, -0.2) is 40.0 Å². The van der Waals surface area contributed by atoms with Crippen LogP contribution in [0.25, 0.3) is 0 Å². The Morgan fingerprint density at radius 1 is 1.30 bits per heavy atom. The van der Waals surface area contributed by atoms with Crippen LogP contribution in [0.5, 0.6) is 0 Å². The highest BCUT2D eigenvalue weighted by atomic mass is 32.2. The molecule has 128 valence electrons. The zero-order valence-corrected chi connectivity index (χ0v) is 15.0. The molecule has 0 aromatic heterocycles. The Labute approximate surface area is 146 Å². The van der Waals surface area contributed by atoms with Gasteiger partial charge in [0.05, 0.1) is 6.04 Å². The van der Waals surface area contributed by atoms with E-state index in [1.807, 2.05) is 30.3 Å². The van der Waals surface area contributed by atoms with Gasteiger partial charge in [0.1, 0.15) is 10.2 Å². The van der Waals surface area contributed by atoms with E-state index in [1.54, 1.807) is 23.5 Å². The number of unbranched alkanes of at least 4 members (excludes halogenated alkanes) is 1. The van der Waals surface area contributed by atoms with E-state index in [2.05, 4.69) is 12.2 Å². The van der Waals surface area contributed by atoms with Crippen LogP contribution in [0.15, 0.2) is 30.3 Å². The second-order valence-electron chi connectivity index (χ2n) is 5.73. The number of carboxylic acid groups (broad SMARTS) is 1. The van der Waals surface area contributed by atoms with Gasteiger partial charge in [-0.3, -0.25) is 0 Å². The summed E-state index contributed by atoms with van der Waals surface area (Å²) >= 11 is 3.48. The summed E-state index contributed by atoms with van der Waals surface area (Å²) in [6.07, 6.45) is 1.80. The molecule has 3 N–H and O–H groups in total. The van der Waals surface area contributed by atoms with Gasteiger partial charge in [-0.05, 0) is 29.9 Å². The van der Waals surface area contributed by atoms with Gasteiger partial charge in [0, 0.05) is 0 Å². The fourth-order valence-electron chi connectivity index (χ4n) is 2.88. The van der Waals surface area contributed by atoms with Gasteiger partial charge in [0.2, 0.25) is 0 Å². The molecular formula is C17H25NO3S2. The van der Waals surface area contributed by atoms with E-state index < -0.39 is 22.3 Å². The number of benzene rings is 1. The van der Waals surface area contributed by atoms with Crippen LogP contribution in [0.1, 0.15) is 38.2 Å². The summed E-state index contributed by atoms with van der Waals surface area (Å²) in [7, 11) is 0. The Morgan fingerprint density at radius 3 is 2.52 bits per heavy atom. The summed E-state index contributed by atoms with van der Waals surface area (Å²) in [5.74, 6) is 1.96. The fourth-order valence-corrected chi connectivity index (χ4v) is 6.36. The van der Waals surface area contributed by atoms with Gasteiger partial charge in [-0.25, -0.2) is 4.79 Å². The Kier molecular flexibility index (Phi) is 7.11. The van der Waals surface area contributed by atoms with E-state index in [-0.39, 0.29) is 0 Å². The maximum atomic E-state index is 11.2. The van der Waals surface area contributed by atoms with E-state index in [4.69, 9.17) is 5.11 Å². The molecule has 1 amide bonds. The molecule has 1 aromatic rings. The standard InChI is InChI=1S/C17H25NO3S2/c1-2-3-10-14(18-16(20)21)15(19)17(22-11-7-12-23-17)13-8-5-4-6-9-13/h4-6,8-9,14-15,18-19H,2-3,7,10-12H2,1H3,(H,20,21). The normalized spacial score (nSPS) is 19.7. The van der Waals surface area contributed by atoms with Crippen molar-refractivity contribution in [2.75, 3.05) is 11.5 Å². The average Bonchev–Trinajstić information content (AvgIpc) is 2.59. The predicted molar refractivity (Wildman–Crippen MR) is 98.1 cm³/mol. The lowest BCUT2D eigenvalue weighted by Crippen LogP contribution is -2.51. The summed E-state index contributed by atoms with van der Waals surface area (Å²) in [6.45, 7) is 2.07. The maximum Gasteiger partial charge on any atom is 0.404 e. The Hall–Kier alpha value is -0.850. The minimum Gasteiger partial charge on any atom is -0.465 e. The van der Waals surface area contributed by atoms with Crippen LogP contribution in [0.3, 0.4) is 0 Å². The molecule has 0 radical (unpaired) electrons. The lowest BCUT2D eigenvalue weighted by atomic mass is 9.96. The van der Waals surface area contributed by atoms with Gasteiger partial charge in [-0.15, -0.1) is 23.5 Å². The van der Waals surface area contributed by atoms with Crippen molar-refractivity contribution < 1.29 is 15.0 Å². The number of amides is 1. The first kappa shape index (κ1) is 18.5. The molecule has 1 aromatic carbocycles. The summed E-state index contributed by atoms with van der Waals surface area (Å²) in [6, 6.07) is 9.53. The molecule has 6 heteroatoms. The van der Waals surface area contributed by atoms with Crippen molar-refractivity contribution >= 4 is 29.6 Å². The van der Waals surface area contributed by atoms with Gasteiger partial charge in [-0.1, -0.05) is 50.1 Å². The Bertz CT molecular complexity index is 492. The first-order valence-electron chi connectivity index (χ1n) is 8.11. The zero-order valence-electron chi connectivity index (χ0n) is 13.4. The van der Waals surface area contributed by atoms with Gasteiger partial charge in [0.25, 0.3) is 0 Å². The Balaban J connectivity index is 2.30. The molecule has 1 fully saturated rings. The van der Waals surface area contributed by atoms with Gasteiger partial charge in [-0.2, -0.15) is 0 Å². The third-order valence-electron chi connectivity index (χ3n) is 4.05. The van der Waals surface area contributed by atoms with E-state index in [0.717, 1.165) is 36.3 Å². The zero-order chi connectivity index (χ0) is 16.7. The summed E-state index contributed by atoms with van der Waals surface area (Å²) in [5.41, 5.74) is 1.07. The van der Waals surface area contributed by atoms with Gasteiger partial charge in [0.15, 0.2) is 0 Å². The van der Waals surface area contributed by atoms with Crippen molar-refractivity contribution in [3.05, 3.63) is 35.9 Å². The topological polar surface area (TPSA) is 69.6 Å². The summed E-state index contributed by atoms with van der Waals surface area (Å²) in [4.78, 5) is 11.2. The number of thioether (sulfide) groups is 2. The molecule has 0 saturated carbocycles. The number of hydrogen-bond donors (Lipinski definition) is 3. The second-order valence-corrected chi connectivity index (χ2v) is 8.67. The largest absolute Gasteiger partial charge is 0.465 e. The minimum atomic E-state index is -1.07. The molecule has 2 rings (SSSR count). The molecule has 1 heterocycles. The molecule has 0 spiro atoms. The van der Waals surface area contributed by atoms with Crippen molar-refractivity contribution in [3.8, 4) is 0 Å². The molecule has 0 aliphatic carbocycles. The van der Waals surface area contributed by atoms with Crippen molar-refractivity contribution in [2.24, 2.45) is 0 Å². The molecule has 2 unspecified atom stereocenters. The summed E-state index contributed by atoms with van der Waals surface area (Å²) < 4.78 is -0.500. The van der Waals surface area contributed by atoms with E-state index in [1.165, 1.54) is 0 Å². The number of hydrogen-bond acceptors (Lipinski definition) is 4. The van der Waals surface area contributed by atoms with E-state index in [9.17, 15) is 9.90 Å². The number of aliphatic hydroxyl groups is 1. The quantitative estimate of drug-likeness (QED) is 0.692. The lowest BCUT2D eigenvalue weighted by Gasteiger charge is -2.43. The highest BCUT2D eigenvalue weighted by Crippen LogP contribution is 2.53. The monoisotopic (exact) mass is 355 g/mol. The van der Waals surface area contributed by atoms with E-state index in [0.29, 0.717) is 6.42 Å². The first-order chi connectivity index (χ1) is 11.1. The van der Waals surface area contributed by atoms with Gasteiger partial charge >= 0.3 is 6.09 Å². The highest BCUT2D eigenvalue weighted by molar-refractivity contribution is 8.18. The second kappa shape index (κ2) is 8.85.